The molecule has 0 amide bonds. The van der Waals surface area contributed by atoms with Gasteiger partial charge in [-0.25, -0.2) is 13.9 Å². The summed E-state index contributed by atoms with van der Waals surface area (Å²) in [6.45, 7) is 6.82. The smallest absolute Gasteiger partial charge is 0.342 e. The van der Waals surface area contributed by atoms with Crippen LogP contribution in [0.4, 0.5) is 4.39 Å². The summed E-state index contributed by atoms with van der Waals surface area (Å²) in [6, 6.07) is 17.3. The van der Waals surface area contributed by atoms with Gasteiger partial charge in [0.2, 0.25) is 5.78 Å². The highest BCUT2D eigenvalue weighted by atomic mass is 19.1. The molecule has 4 rings (SSSR count). The average Bonchev–Trinajstić information content (AvgIpc) is 3.27. The largest absolute Gasteiger partial charge is 0.454 e. The number of Topliss-reactive ketones (excluding diaryl/α,β-unsaturated/α-hetero) is 1. The second kappa shape index (κ2) is 8.86. The number of halogens is 1. The third kappa shape index (κ3) is 4.22. The van der Waals surface area contributed by atoms with Crippen molar-refractivity contribution in [1.29, 1.82) is 0 Å². The number of esters is 1. The van der Waals surface area contributed by atoms with Gasteiger partial charge in [0.05, 0.1) is 17.1 Å². The van der Waals surface area contributed by atoms with Crippen molar-refractivity contribution >= 4 is 11.8 Å². The number of hydrogen-bond acceptors (Lipinski definition) is 4. The second-order valence-electron chi connectivity index (χ2n) is 7.89. The first-order valence-corrected chi connectivity index (χ1v) is 10.5. The summed E-state index contributed by atoms with van der Waals surface area (Å²) in [5.74, 6) is -1.23. The van der Waals surface area contributed by atoms with E-state index in [1.165, 1.54) is 12.1 Å². The standard InChI is InChI=1S/C26H24FN3O3/c1-16-14-23(18(3)29(16)21-12-10-20(27)11-13-21)24(31)15-33-26(32)25-17(2)28-30(19(25)4)22-8-6-5-7-9-22/h5-14H,15H2,1-4H3. The van der Waals surface area contributed by atoms with Gasteiger partial charge in [0.25, 0.3) is 0 Å². The highest BCUT2D eigenvalue weighted by molar-refractivity contribution is 6.01. The maximum absolute atomic E-state index is 13.3. The third-order valence-electron chi connectivity index (χ3n) is 5.65. The van der Waals surface area contributed by atoms with Crippen LogP contribution in [0.1, 0.15) is 43.5 Å². The van der Waals surface area contributed by atoms with Crippen LogP contribution in [0.25, 0.3) is 11.4 Å². The van der Waals surface area contributed by atoms with Crippen molar-refractivity contribution in [2.24, 2.45) is 0 Å². The van der Waals surface area contributed by atoms with Crippen molar-refractivity contribution in [3.05, 3.63) is 100 Å². The Bertz CT molecular complexity index is 1340. The molecule has 4 aromatic rings. The summed E-state index contributed by atoms with van der Waals surface area (Å²) >= 11 is 0. The summed E-state index contributed by atoms with van der Waals surface area (Å²) in [5, 5.41) is 4.46. The van der Waals surface area contributed by atoms with Crippen LogP contribution in [-0.4, -0.2) is 32.7 Å². The Kier molecular flexibility index (Phi) is 5.96. The van der Waals surface area contributed by atoms with Crippen LogP contribution in [0.5, 0.6) is 0 Å². The number of para-hydroxylation sites is 1. The summed E-state index contributed by atoms with van der Waals surface area (Å²) in [4.78, 5) is 25.7. The molecule has 0 bridgehead atoms. The molecule has 0 aliphatic heterocycles. The first-order valence-electron chi connectivity index (χ1n) is 10.5. The van der Waals surface area contributed by atoms with Crippen LogP contribution in [-0.2, 0) is 4.74 Å². The van der Waals surface area contributed by atoms with Gasteiger partial charge in [0, 0.05) is 22.6 Å². The molecule has 0 spiro atoms. The maximum atomic E-state index is 13.3. The minimum Gasteiger partial charge on any atom is -0.454 e. The summed E-state index contributed by atoms with van der Waals surface area (Å²) < 4.78 is 22.2. The molecule has 0 atom stereocenters. The van der Waals surface area contributed by atoms with Crippen LogP contribution in [0.2, 0.25) is 0 Å². The van der Waals surface area contributed by atoms with Gasteiger partial charge in [-0.05, 0) is 70.2 Å². The molecule has 0 fully saturated rings. The summed E-state index contributed by atoms with van der Waals surface area (Å²) in [7, 11) is 0. The van der Waals surface area contributed by atoms with Gasteiger partial charge in [0.1, 0.15) is 11.4 Å². The van der Waals surface area contributed by atoms with Crippen molar-refractivity contribution in [1.82, 2.24) is 14.3 Å². The predicted octanol–water partition coefficient (Wildman–Crippen LogP) is 5.08. The molecule has 33 heavy (non-hydrogen) atoms. The minimum absolute atomic E-state index is 0.310. The fourth-order valence-corrected chi connectivity index (χ4v) is 4.07. The van der Waals surface area contributed by atoms with Gasteiger partial charge in [-0.3, -0.25) is 4.79 Å². The fraction of sp³-hybridized carbons (Fsp3) is 0.192. The number of nitrogens with zero attached hydrogens (tertiary/aromatic N) is 3. The number of aromatic nitrogens is 3. The molecule has 0 radical (unpaired) electrons. The molecular formula is C26H24FN3O3. The number of hydrogen-bond donors (Lipinski definition) is 0. The topological polar surface area (TPSA) is 66.1 Å². The Balaban J connectivity index is 1.52. The molecule has 2 heterocycles. The van der Waals surface area contributed by atoms with E-state index in [0.717, 1.165) is 17.1 Å². The number of carbonyl (C=O) groups is 2. The number of carbonyl (C=O) groups excluding carboxylic acids is 2. The average molecular weight is 445 g/mol. The van der Waals surface area contributed by atoms with Crippen molar-refractivity contribution in [3.63, 3.8) is 0 Å². The van der Waals surface area contributed by atoms with E-state index in [1.54, 1.807) is 36.7 Å². The van der Waals surface area contributed by atoms with Gasteiger partial charge in [0.15, 0.2) is 6.61 Å². The van der Waals surface area contributed by atoms with Gasteiger partial charge in [-0.1, -0.05) is 18.2 Å². The molecule has 168 valence electrons. The van der Waals surface area contributed by atoms with Crippen LogP contribution in [0, 0.1) is 33.5 Å². The second-order valence-corrected chi connectivity index (χ2v) is 7.89. The summed E-state index contributed by atoms with van der Waals surface area (Å²) in [6.07, 6.45) is 0. The van der Waals surface area contributed by atoms with Gasteiger partial charge in [-0.2, -0.15) is 5.10 Å². The molecule has 0 saturated heterocycles. The van der Waals surface area contributed by atoms with Crippen LogP contribution >= 0.6 is 0 Å². The van der Waals surface area contributed by atoms with E-state index in [0.29, 0.717) is 28.2 Å². The van der Waals surface area contributed by atoms with Crippen molar-refractivity contribution < 1.29 is 18.7 Å². The Morgan fingerprint density at radius 2 is 1.58 bits per heavy atom. The predicted molar refractivity (Wildman–Crippen MR) is 123 cm³/mol. The molecule has 7 heteroatoms. The lowest BCUT2D eigenvalue weighted by Crippen LogP contribution is -2.16. The zero-order valence-electron chi connectivity index (χ0n) is 18.9. The van der Waals surface area contributed by atoms with Gasteiger partial charge < -0.3 is 9.30 Å². The number of ketones is 1. The van der Waals surface area contributed by atoms with Crippen LogP contribution in [0.15, 0.2) is 60.7 Å². The maximum Gasteiger partial charge on any atom is 0.342 e. The number of aryl methyl sites for hydroxylation is 2. The van der Waals surface area contributed by atoms with E-state index >= 15 is 0 Å². The number of benzene rings is 2. The minimum atomic E-state index is -0.590. The molecule has 0 aliphatic carbocycles. The van der Waals surface area contributed by atoms with Crippen molar-refractivity contribution in [2.75, 3.05) is 6.61 Å². The number of rotatable bonds is 6. The monoisotopic (exact) mass is 445 g/mol. The first kappa shape index (κ1) is 22.2. The molecule has 0 aliphatic rings. The fourth-order valence-electron chi connectivity index (χ4n) is 4.07. The SMILES string of the molecule is Cc1nn(-c2ccccc2)c(C)c1C(=O)OCC(=O)c1cc(C)n(-c2ccc(F)cc2)c1C. The van der Waals surface area contributed by atoms with E-state index in [1.807, 2.05) is 48.7 Å². The lowest BCUT2D eigenvalue weighted by molar-refractivity contribution is 0.0473. The molecule has 2 aromatic heterocycles. The Morgan fingerprint density at radius 1 is 0.909 bits per heavy atom. The molecular weight excluding hydrogens is 421 g/mol. The van der Waals surface area contributed by atoms with Gasteiger partial charge >= 0.3 is 5.97 Å². The molecule has 0 saturated carbocycles. The number of ether oxygens (including phenoxy) is 1. The molecule has 0 unspecified atom stereocenters. The molecule has 2 aromatic carbocycles. The zero-order chi connectivity index (χ0) is 23.7. The molecule has 6 nitrogen and oxygen atoms in total. The van der Waals surface area contributed by atoms with Crippen molar-refractivity contribution in [3.8, 4) is 11.4 Å². The van der Waals surface area contributed by atoms with Gasteiger partial charge in [-0.15, -0.1) is 0 Å². The Hall–Kier alpha value is -4.00. The van der Waals surface area contributed by atoms with Crippen LogP contribution < -0.4 is 0 Å². The Labute approximate surface area is 191 Å². The normalized spacial score (nSPS) is 10.9. The van der Waals surface area contributed by atoms with E-state index in [4.69, 9.17) is 4.74 Å². The molecule has 0 N–H and O–H groups in total. The van der Waals surface area contributed by atoms with E-state index in [-0.39, 0.29) is 18.2 Å². The quantitative estimate of drug-likeness (QED) is 0.307. The highest BCUT2D eigenvalue weighted by Crippen LogP contribution is 2.23. The third-order valence-corrected chi connectivity index (χ3v) is 5.65. The van der Waals surface area contributed by atoms with E-state index in [9.17, 15) is 14.0 Å². The van der Waals surface area contributed by atoms with E-state index < -0.39 is 5.97 Å². The van der Waals surface area contributed by atoms with Crippen molar-refractivity contribution in [2.45, 2.75) is 27.7 Å². The van der Waals surface area contributed by atoms with E-state index in [2.05, 4.69) is 5.10 Å². The lowest BCUT2D eigenvalue weighted by atomic mass is 10.1. The highest BCUT2D eigenvalue weighted by Gasteiger charge is 2.23. The van der Waals surface area contributed by atoms with Crippen LogP contribution in [0.3, 0.4) is 0 Å². The summed E-state index contributed by atoms with van der Waals surface area (Å²) in [5.41, 5.74) is 5.09. The first-order chi connectivity index (χ1) is 15.8. The lowest BCUT2D eigenvalue weighted by Gasteiger charge is -2.10. The Morgan fingerprint density at radius 3 is 2.24 bits per heavy atom. The zero-order valence-corrected chi connectivity index (χ0v) is 18.9.